The standard InChI is InChI=1S/C21H12BrF9N4O2/c22-15-9-13(17(36)34-35-7-5-32-6-8-35)10-33-16(15)12-1-3-14(4-2-12)37-11-18(23,24)19(25,26)20(27,28)21(29,30)31/h1-10H,11H2/p+1. The molecule has 198 valence electrons. The first-order valence-corrected chi connectivity index (χ1v) is 10.6. The zero-order valence-corrected chi connectivity index (χ0v) is 19.5. The van der Waals surface area contributed by atoms with E-state index in [-0.39, 0.29) is 11.3 Å². The summed E-state index contributed by atoms with van der Waals surface area (Å²) >= 11 is 3.23. The maximum absolute atomic E-state index is 13.6. The van der Waals surface area contributed by atoms with Gasteiger partial charge in [-0.05, 0) is 46.3 Å². The normalized spacial score (nSPS) is 12.8. The molecule has 0 radical (unpaired) electrons. The van der Waals surface area contributed by atoms with Crippen LogP contribution in [0, 0.1) is 0 Å². The van der Waals surface area contributed by atoms with Gasteiger partial charge in [-0.2, -0.15) is 39.5 Å². The lowest BCUT2D eigenvalue weighted by atomic mass is 10.0. The Hall–Kier alpha value is -3.43. The molecule has 0 atom stereocenters. The molecular formula is C21H13BrF9N4O2+. The van der Waals surface area contributed by atoms with Gasteiger partial charge in [-0.3, -0.25) is 14.8 Å². The minimum absolute atomic E-state index is 0.152. The van der Waals surface area contributed by atoms with Crippen LogP contribution in [0.5, 0.6) is 5.75 Å². The molecule has 2 heterocycles. The molecule has 0 aliphatic carbocycles. The molecule has 0 aliphatic heterocycles. The van der Waals surface area contributed by atoms with E-state index in [1.807, 2.05) is 0 Å². The molecule has 3 rings (SSSR count). The first kappa shape index (κ1) is 28.1. The summed E-state index contributed by atoms with van der Waals surface area (Å²) in [5, 5.41) is 0. The minimum atomic E-state index is -6.99. The van der Waals surface area contributed by atoms with Crippen molar-refractivity contribution in [3.8, 4) is 17.0 Å². The van der Waals surface area contributed by atoms with E-state index in [0.717, 1.165) is 12.1 Å². The molecule has 0 saturated carbocycles. The molecule has 16 heteroatoms. The summed E-state index contributed by atoms with van der Waals surface area (Å²) in [6.45, 7) is -2.45. The van der Waals surface area contributed by atoms with Crippen molar-refractivity contribution < 1.29 is 53.7 Å². The number of nitrogens with zero attached hydrogens (tertiary/aromatic N) is 3. The molecule has 0 aliphatic rings. The van der Waals surface area contributed by atoms with E-state index in [0.29, 0.717) is 10.0 Å². The summed E-state index contributed by atoms with van der Waals surface area (Å²) in [5.41, 5.74) is 3.29. The number of hydrogen-bond donors (Lipinski definition) is 1. The van der Waals surface area contributed by atoms with Crippen LogP contribution in [-0.4, -0.2) is 46.4 Å². The number of benzene rings is 1. The second-order valence-corrected chi connectivity index (χ2v) is 8.17. The number of pyridine rings is 1. The number of amides is 1. The fraction of sp³-hybridized carbons (Fsp3) is 0.238. The van der Waals surface area contributed by atoms with Crippen molar-refractivity contribution in [3.05, 3.63) is 71.4 Å². The van der Waals surface area contributed by atoms with Crippen LogP contribution in [0.25, 0.3) is 11.3 Å². The molecule has 2 aromatic heterocycles. The molecule has 0 unspecified atom stereocenters. The Kier molecular flexibility index (Phi) is 7.72. The lowest BCUT2D eigenvalue weighted by Crippen LogP contribution is -2.62. The van der Waals surface area contributed by atoms with Crippen LogP contribution in [0.2, 0.25) is 0 Å². The number of nitrogens with one attached hydrogen (secondary N) is 1. The van der Waals surface area contributed by atoms with Crippen molar-refractivity contribution >= 4 is 21.8 Å². The van der Waals surface area contributed by atoms with Crippen molar-refractivity contribution in [2.24, 2.45) is 0 Å². The average Bonchev–Trinajstić information content (AvgIpc) is 2.83. The van der Waals surface area contributed by atoms with Gasteiger partial charge in [-0.15, -0.1) is 5.43 Å². The van der Waals surface area contributed by atoms with Crippen molar-refractivity contribution in [3.63, 3.8) is 0 Å². The van der Waals surface area contributed by atoms with Gasteiger partial charge in [-0.1, -0.05) is 4.68 Å². The summed E-state index contributed by atoms with van der Waals surface area (Å²) < 4.78 is 123. The largest absolute Gasteiger partial charge is 0.487 e. The number of ether oxygens (including phenoxy) is 1. The quantitative estimate of drug-likeness (QED) is 0.276. The summed E-state index contributed by atoms with van der Waals surface area (Å²) in [4.78, 5) is 20.3. The first-order valence-electron chi connectivity index (χ1n) is 9.78. The third-order valence-corrected chi connectivity index (χ3v) is 5.32. The van der Waals surface area contributed by atoms with Crippen molar-refractivity contribution in [1.29, 1.82) is 0 Å². The van der Waals surface area contributed by atoms with Crippen LogP contribution in [-0.2, 0) is 0 Å². The summed E-state index contributed by atoms with van der Waals surface area (Å²) in [6, 6.07) is 5.86. The molecule has 0 saturated heterocycles. The van der Waals surface area contributed by atoms with Gasteiger partial charge in [0, 0.05) is 16.2 Å². The van der Waals surface area contributed by atoms with Gasteiger partial charge >= 0.3 is 29.9 Å². The van der Waals surface area contributed by atoms with E-state index in [1.165, 1.54) is 53.9 Å². The van der Waals surface area contributed by atoms with E-state index in [4.69, 9.17) is 0 Å². The Morgan fingerprint density at radius 2 is 1.54 bits per heavy atom. The zero-order valence-electron chi connectivity index (χ0n) is 17.9. The van der Waals surface area contributed by atoms with Crippen LogP contribution in [0.1, 0.15) is 10.4 Å². The Morgan fingerprint density at radius 1 is 0.946 bits per heavy atom. The van der Waals surface area contributed by atoms with Crippen LogP contribution in [0.15, 0.2) is 65.8 Å². The van der Waals surface area contributed by atoms with Crippen molar-refractivity contribution in [2.75, 3.05) is 12.0 Å². The van der Waals surface area contributed by atoms with Gasteiger partial charge in [0.15, 0.2) is 6.61 Å². The maximum atomic E-state index is 13.6. The van der Waals surface area contributed by atoms with Crippen LogP contribution >= 0.6 is 15.9 Å². The number of carbonyl (C=O) groups is 1. The maximum Gasteiger partial charge on any atom is 0.460 e. The second kappa shape index (κ2) is 10.1. The number of halogens is 10. The Labute approximate surface area is 210 Å². The number of alkyl halides is 9. The Bertz CT molecular complexity index is 1260. The van der Waals surface area contributed by atoms with E-state index in [1.54, 1.807) is 0 Å². The lowest BCUT2D eigenvalue weighted by Gasteiger charge is -2.33. The van der Waals surface area contributed by atoms with Crippen LogP contribution in [0.3, 0.4) is 0 Å². The second-order valence-electron chi connectivity index (χ2n) is 7.31. The number of aromatic nitrogens is 3. The molecule has 1 amide bonds. The fourth-order valence-electron chi connectivity index (χ4n) is 2.73. The third kappa shape index (κ3) is 5.78. The van der Waals surface area contributed by atoms with E-state index >= 15 is 0 Å². The third-order valence-electron chi connectivity index (χ3n) is 4.72. The predicted molar refractivity (Wildman–Crippen MR) is 112 cm³/mol. The highest BCUT2D eigenvalue weighted by Gasteiger charge is 2.81. The van der Waals surface area contributed by atoms with Gasteiger partial charge in [0.1, 0.15) is 5.75 Å². The molecule has 6 nitrogen and oxygen atoms in total. The highest BCUT2D eigenvalue weighted by molar-refractivity contribution is 9.10. The van der Waals surface area contributed by atoms with E-state index in [9.17, 15) is 44.3 Å². The smallest absolute Gasteiger partial charge is 0.460 e. The fourth-order valence-corrected chi connectivity index (χ4v) is 3.31. The number of rotatable bonds is 8. The summed E-state index contributed by atoms with van der Waals surface area (Å²) in [6.07, 6.45) is 0.167. The van der Waals surface area contributed by atoms with Crippen LogP contribution in [0.4, 0.5) is 39.5 Å². The summed E-state index contributed by atoms with van der Waals surface area (Å²) in [7, 11) is 0. The van der Waals surface area contributed by atoms with Gasteiger partial charge in [0.2, 0.25) is 12.4 Å². The molecule has 3 aromatic rings. The highest BCUT2D eigenvalue weighted by Crippen LogP contribution is 2.53. The van der Waals surface area contributed by atoms with Gasteiger partial charge < -0.3 is 4.74 Å². The molecule has 37 heavy (non-hydrogen) atoms. The molecular weight excluding hydrogens is 591 g/mol. The number of carbonyl (C=O) groups excluding carboxylic acids is 1. The Balaban J connectivity index is 1.70. The molecule has 1 aromatic carbocycles. The SMILES string of the molecule is O=C(N[n+]1ccncc1)c1cnc(-c2ccc(OCC(F)(F)C(F)(F)C(F)(F)C(F)(F)F)cc2)c(Br)c1. The van der Waals surface area contributed by atoms with Crippen LogP contribution < -0.4 is 14.8 Å². The molecule has 0 bridgehead atoms. The van der Waals surface area contributed by atoms with Gasteiger partial charge in [-0.25, -0.2) is 0 Å². The minimum Gasteiger partial charge on any atom is -0.487 e. The summed E-state index contributed by atoms with van der Waals surface area (Å²) in [5.74, 6) is -20.7. The highest BCUT2D eigenvalue weighted by atomic mass is 79.9. The first-order chi connectivity index (χ1) is 17.1. The van der Waals surface area contributed by atoms with Crippen molar-refractivity contribution in [1.82, 2.24) is 9.97 Å². The lowest BCUT2D eigenvalue weighted by molar-refractivity contribution is -0.641. The topological polar surface area (TPSA) is 68.0 Å². The van der Waals surface area contributed by atoms with Crippen molar-refractivity contribution in [2.45, 2.75) is 23.9 Å². The van der Waals surface area contributed by atoms with Gasteiger partial charge in [0.05, 0.1) is 23.7 Å². The van der Waals surface area contributed by atoms with E-state index in [2.05, 4.69) is 36.1 Å². The molecule has 0 fully saturated rings. The predicted octanol–water partition coefficient (Wildman–Crippen LogP) is 5.42. The zero-order chi connectivity index (χ0) is 27.6. The Morgan fingerprint density at radius 3 is 2.08 bits per heavy atom. The monoisotopic (exact) mass is 603 g/mol. The molecule has 1 N–H and O–H groups in total. The van der Waals surface area contributed by atoms with Gasteiger partial charge in [0.25, 0.3) is 0 Å². The number of hydrogen-bond acceptors (Lipinski definition) is 4. The average molecular weight is 604 g/mol. The molecule has 0 spiro atoms. The van der Waals surface area contributed by atoms with E-state index < -0.39 is 42.2 Å².